The zero-order valence-corrected chi connectivity index (χ0v) is 12.0. The van der Waals surface area contributed by atoms with Crippen molar-refractivity contribution in [1.29, 1.82) is 0 Å². The highest BCUT2D eigenvalue weighted by Gasteiger charge is 2.34. The van der Waals surface area contributed by atoms with E-state index in [9.17, 15) is 4.39 Å². The van der Waals surface area contributed by atoms with E-state index in [-0.39, 0.29) is 11.4 Å². The zero-order valence-electron chi connectivity index (χ0n) is 12.0. The molecule has 19 heavy (non-hydrogen) atoms. The second-order valence-electron chi connectivity index (χ2n) is 5.41. The third kappa shape index (κ3) is 3.08. The van der Waals surface area contributed by atoms with Crippen LogP contribution in [-0.2, 0) is 5.54 Å². The van der Waals surface area contributed by atoms with Gasteiger partial charge in [0, 0.05) is 11.1 Å². The molecule has 0 spiro atoms. The molecule has 1 aromatic carbocycles. The summed E-state index contributed by atoms with van der Waals surface area (Å²) < 4.78 is 19.1. The molecule has 0 amide bonds. The van der Waals surface area contributed by atoms with E-state index < -0.39 is 0 Å². The van der Waals surface area contributed by atoms with Crippen molar-refractivity contribution >= 4 is 0 Å². The topological polar surface area (TPSA) is 21.3 Å². The lowest BCUT2D eigenvalue weighted by Crippen LogP contribution is -2.42. The molecule has 1 aliphatic rings. The Bertz CT molecular complexity index is 411. The van der Waals surface area contributed by atoms with Crippen molar-refractivity contribution in [2.75, 3.05) is 13.7 Å². The lowest BCUT2D eigenvalue weighted by molar-refractivity contribution is 0.281. The first kappa shape index (κ1) is 14.3. The molecule has 106 valence electrons. The maximum atomic E-state index is 13.7. The van der Waals surface area contributed by atoms with Gasteiger partial charge in [-0.25, -0.2) is 4.39 Å². The van der Waals surface area contributed by atoms with Gasteiger partial charge in [-0.05, 0) is 44.0 Å². The summed E-state index contributed by atoms with van der Waals surface area (Å²) >= 11 is 0. The number of methoxy groups -OCH3 is 1. The molecule has 1 heterocycles. The van der Waals surface area contributed by atoms with Crippen LogP contribution < -0.4 is 10.1 Å². The van der Waals surface area contributed by atoms with Gasteiger partial charge in [0.1, 0.15) is 11.6 Å². The number of hydrogen-bond donors (Lipinski definition) is 1. The summed E-state index contributed by atoms with van der Waals surface area (Å²) in [6, 6.07) is 4.86. The van der Waals surface area contributed by atoms with Crippen LogP contribution in [0.1, 0.15) is 51.0 Å². The number of hydrogen-bond acceptors (Lipinski definition) is 2. The lowest BCUT2D eigenvalue weighted by atomic mass is 9.81. The van der Waals surface area contributed by atoms with Crippen molar-refractivity contribution in [3.8, 4) is 5.75 Å². The summed E-state index contributed by atoms with van der Waals surface area (Å²) in [6.07, 6.45) is 6.78. The number of rotatable bonds is 4. The van der Waals surface area contributed by atoms with E-state index in [4.69, 9.17) is 4.74 Å². The standard InChI is InChI=1S/C16H24FNO/c1-3-9-16(10-5-4-6-11-18-16)14-12-13(17)7-8-15(14)19-2/h7-8,12,18H,3-6,9-11H2,1-2H3. The number of nitrogens with one attached hydrogen (secondary N) is 1. The van der Waals surface area contributed by atoms with Gasteiger partial charge < -0.3 is 10.1 Å². The third-order valence-electron chi connectivity index (χ3n) is 4.10. The van der Waals surface area contributed by atoms with Crippen LogP contribution in [0.2, 0.25) is 0 Å². The van der Waals surface area contributed by atoms with Crippen molar-refractivity contribution in [2.45, 2.75) is 51.0 Å². The molecule has 0 aliphatic carbocycles. The average Bonchev–Trinajstić information content (AvgIpc) is 2.66. The van der Waals surface area contributed by atoms with Crippen molar-refractivity contribution < 1.29 is 9.13 Å². The monoisotopic (exact) mass is 265 g/mol. The predicted molar refractivity (Wildman–Crippen MR) is 76.0 cm³/mol. The Morgan fingerprint density at radius 2 is 2.16 bits per heavy atom. The largest absolute Gasteiger partial charge is 0.496 e. The van der Waals surface area contributed by atoms with Gasteiger partial charge in [-0.15, -0.1) is 0 Å². The zero-order chi connectivity index (χ0) is 13.7. The van der Waals surface area contributed by atoms with E-state index >= 15 is 0 Å². The van der Waals surface area contributed by atoms with E-state index in [2.05, 4.69) is 12.2 Å². The fraction of sp³-hybridized carbons (Fsp3) is 0.625. The van der Waals surface area contributed by atoms with Crippen LogP contribution in [0, 0.1) is 5.82 Å². The smallest absolute Gasteiger partial charge is 0.124 e. The molecule has 1 aliphatic heterocycles. The molecule has 1 saturated heterocycles. The van der Waals surface area contributed by atoms with Gasteiger partial charge in [-0.3, -0.25) is 0 Å². The highest BCUT2D eigenvalue weighted by Crippen LogP contribution is 2.39. The van der Waals surface area contributed by atoms with E-state index in [0.29, 0.717) is 0 Å². The first-order valence-electron chi connectivity index (χ1n) is 7.31. The lowest BCUT2D eigenvalue weighted by Gasteiger charge is -2.35. The van der Waals surface area contributed by atoms with E-state index in [1.807, 2.05) is 0 Å². The molecule has 0 radical (unpaired) electrons. The van der Waals surface area contributed by atoms with Gasteiger partial charge in [0.2, 0.25) is 0 Å². The number of ether oxygens (including phenoxy) is 1. The highest BCUT2D eigenvalue weighted by molar-refractivity contribution is 5.40. The molecule has 1 aromatic rings. The van der Waals surface area contributed by atoms with E-state index in [0.717, 1.165) is 37.1 Å². The summed E-state index contributed by atoms with van der Waals surface area (Å²) in [4.78, 5) is 0. The maximum Gasteiger partial charge on any atom is 0.124 e. The molecule has 2 nitrogen and oxygen atoms in total. The Morgan fingerprint density at radius 3 is 2.89 bits per heavy atom. The fourth-order valence-corrected chi connectivity index (χ4v) is 3.20. The molecule has 3 heteroatoms. The summed E-state index contributed by atoms with van der Waals surface area (Å²) in [5, 5.41) is 3.67. The Kier molecular flexibility index (Phi) is 4.81. The molecule has 1 fully saturated rings. The summed E-state index contributed by atoms with van der Waals surface area (Å²) in [5.41, 5.74) is 0.859. The SMILES string of the molecule is CCCC1(c2cc(F)ccc2OC)CCCCCN1. The van der Waals surface area contributed by atoms with E-state index in [1.54, 1.807) is 19.2 Å². The number of halogens is 1. The van der Waals surface area contributed by atoms with Crippen molar-refractivity contribution in [3.63, 3.8) is 0 Å². The van der Waals surface area contributed by atoms with Crippen LogP contribution in [0.4, 0.5) is 4.39 Å². The molecular weight excluding hydrogens is 241 g/mol. The Hall–Kier alpha value is -1.09. The first-order valence-corrected chi connectivity index (χ1v) is 7.31. The maximum absolute atomic E-state index is 13.7. The van der Waals surface area contributed by atoms with E-state index in [1.165, 1.54) is 25.3 Å². The second kappa shape index (κ2) is 6.38. The Morgan fingerprint density at radius 1 is 1.32 bits per heavy atom. The second-order valence-corrected chi connectivity index (χ2v) is 5.41. The number of benzene rings is 1. The minimum absolute atomic E-state index is 0.126. The van der Waals surface area contributed by atoms with Crippen LogP contribution in [-0.4, -0.2) is 13.7 Å². The molecule has 0 aromatic heterocycles. The normalized spacial score (nSPS) is 23.9. The molecule has 0 saturated carbocycles. The average molecular weight is 265 g/mol. The Balaban J connectivity index is 2.44. The van der Waals surface area contributed by atoms with Crippen molar-refractivity contribution in [2.24, 2.45) is 0 Å². The quantitative estimate of drug-likeness (QED) is 0.888. The molecule has 2 rings (SSSR count). The highest BCUT2D eigenvalue weighted by atomic mass is 19.1. The molecule has 1 N–H and O–H groups in total. The molecular formula is C16H24FNO. The molecule has 1 unspecified atom stereocenters. The van der Waals surface area contributed by atoms with Gasteiger partial charge in [0.25, 0.3) is 0 Å². The summed E-state index contributed by atoms with van der Waals surface area (Å²) in [5.74, 6) is 0.613. The van der Waals surface area contributed by atoms with Gasteiger partial charge in [0.15, 0.2) is 0 Å². The van der Waals surface area contributed by atoms with Crippen LogP contribution in [0.5, 0.6) is 5.75 Å². The van der Waals surface area contributed by atoms with Gasteiger partial charge in [-0.2, -0.15) is 0 Å². The third-order valence-corrected chi connectivity index (χ3v) is 4.10. The molecule has 0 bridgehead atoms. The first-order chi connectivity index (χ1) is 9.22. The minimum Gasteiger partial charge on any atom is -0.496 e. The predicted octanol–water partition coefficient (Wildman–Crippen LogP) is 3.99. The minimum atomic E-state index is -0.183. The van der Waals surface area contributed by atoms with Crippen LogP contribution >= 0.6 is 0 Å². The Labute approximate surface area is 115 Å². The van der Waals surface area contributed by atoms with Crippen molar-refractivity contribution in [1.82, 2.24) is 5.32 Å². The van der Waals surface area contributed by atoms with Crippen LogP contribution in [0.15, 0.2) is 18.2 Å². The summed E-state index contributed by atoms with van der Waals surface area (Å²) in [7, 11) is 1.66. The van der Waals surface area contributed by atoms with Gasteiger partial charge in [0.05, 0.1) is 7.11 Å². The van der Waals surface area contributed by atoms with Gasteiger partial charge in [-0.1, -0.05) is 26.2 Å². The molecule has 1 atom stereocenters. The summed E-state index contributed by atoms with van der Waals surface area (Å²) in [6.45, 7) is 3.18. The van der Waals surface area contributed by atoms with Crippen LogP contribution in [0.3, 0.4) is 0 Å². The van der Waals surface area contributed by atoms with Crippen molar-refractivity contribution in [3.05, 3.63) is 29.6 Å². The fourth-order valence-electron chi connectivity index (χ4n) is 3.20. The van der Waals surface area contributed by atoms with Gasteiger partial charge >= 0.3 is 0 Å². The van der Waals surface area contributed by atoms with Crippen LogP contribution in [0.25, 0.3) is 0 Å².